The standard InChI is InChI=1S/C11H11NO3S/c1-6-12-8-4-7(11(13)15-3)9(14-2)5-10(8)16-6/h4-5H,1-3H3. The van der Waals surface area contributed by atoms with E-state index in [4.69, 9.17) is 9.47 Å². The van der Waals surface area contributed by atoms with Crippen LogP contribution in [0.4, 0.5) is 0 Å². The summed E-state index contributed by atoms with van der Waals surface area (Å²) in [5, 5.41) is 0.957. The van der Waals surface area contributed by atoms with Gasteiger partial charge in [0.2, 0.25) is 0 Å². The largest absolute Gasteiger partial charge is 0.496 e. The van der Waals surface area contributed by atoms with Gasteiger partial charge in [0.15, 0.2) is 0 Å². The molecule has 2 rings (SSSR count). The van der Waals surface area contributed by atoms with E-state index >= 15 is 0 Å². The Balaban J connectivity index is 2.66. The molecular weight excluding hydrogens is 226 g/mol. The number of hydrogen-bond donors (Lipinski definition) is 0. The van der Waals surface area contributed by atoms with Gasteiger partial charge in [-0.25, -0.2) is 9.78 Å². The zero-order valence-corrected chi connectivity index (χ0v) is 10.1. The first-order valence-corrected chi connectivity index (χ1v) is 5.51. The summed E-state index contributed by atoms with van der Waals surface area (Å²) in [4.78, 5) is 15.8. The molecule has 0 aliphatic heterocycles. The number of ether oxygens (including phenoxy) is 2. The van der Waals surface area contributed by atoms with Crippen LogP contribution in [0.25, 0.3) is 10.2 Å². The van der Waals surface area contributed by atoms with Gasteiger partial charge in [-0.2, -0.15) is 0 Å². The molecule has 2 aromatic rings. The number of hydrogen-bond acceptors (Lipinski definition) is 5. The summed E-state index contributed by atoms with van der Waals surface area (Å²) in [7, 11) is 2.87. The molecule has 0 N–H and O–H groups in total. The van der Waals surface area contributed by atoms with Crippen molar-refractivity contribution in [2.45, 2.75) is 6.92 Å². The number of methoxy groups -OCH3 is 2. The second-order valence-electron chi connectivity index (χ2n) is 3.24. The van der Waals surface area contributed by atoms with E-state index in [0.717, 1.165) is 15.2 Å². The Morgan fingerprint density at radius 2 is 2.12 bits per heavy atom. The van der Waals surface area contributed by atoms with Gasteiger partial charge in [0.25, 0.3) is 0 Å². The average Bonchev–Trinajstić information content (AvgIpc) is 2.65. The highest BCUT2D eigenvalue weighted by atomic mass is 32.1. The Labute approximate surface area is 96.8 Å². The number of rotatable bonds is 2. The molecular formula is C11H11NO3S. The van der Waals surface area contributed by atoms with E-state index in [1.165, 1.54) is 14.2 Å². The lowest BCUT2D eigenvalue weighted by molar-refractivity contribution is 0.0597. The van der Waals surface area contributed by atoms with Crippen molar-refractivity contribution in [2.24, 2.45) is 0 Å². The molecule has 0 saturated heterocycles. The Bertz CT molecular complexity index is 547. The molecule has 0 fully saturated rings. The highest BCUT2D eigenvalue weighted by Crippen LogP contribution is 2.29. The van der Waals surface area contributed by atoms with E-state index in [-0.39, 0.29) is 0 Å². The van der Waals surface area contributed by atoms with Crippen LogP contribution in [0.1, 0.15) is 15.4 Å². The second-order valence-corrected chi connectivity index (χ2v) is 4.48. The Hall–Kier alpha value is -1.62. The molecule has 1 aromatic heterocycles. The molecule has 0 bridgehead atoms. The van der Waals surface area contributed by atoms with Gasteiger partial charge in [-0.3, -0.25) is 0 Å². The summed E-state index contributed by atoms with van der Waals surface area (Å²) in [6.45, 7) is 1.93. The van der Waals surface area contributed by atoms with E-state index in [1.807, 2.05) is 13.0 Å². The van der Waals surface area contributed by atoms with Gasteiger partial charge in [0.05, 0.1) is 29.4 Å². The summed E-state index contributed by atoms with van der Waals surface area (Å²) < 4.78 is 10.9. The maximum atomic E-state index is 11.5. The number of aryl methyl sites for hydroxylation is 1. The average molecular weight is 237 g/mol. The second kappa shape index (κ2) is 4.09. The monoisotopic (exact) mass is 237 g/mol. The number of esters is 1. The third-order valence-electron chi connectivity index (χ3n) is 2.22. The number of carbonyl (C=O) groups excluding carboxylic acids is 1. The quantitative estimate of drug-likeness (QED) is 0.752. The van der Waals surface area contributed by atoms with Crippen molar-refractivity contribution >= 4 is 27.5 Å². The zero-order valence-electron chi connectivity index (χ0n) is 9.23. The summed E-state index contributed by atoms with van der Waals surface area (Å²) in [5.74, 6) is 0.104. The van der Waals surface area contributed by atoms with Crippen LogP contribution in [-0.4, -0.2) is 25.2 Å². The van der Waals surface area contributed by atoms with Gasteiger partial charge in [-0.05, 0) is 13.0 Å². The van der Waals surface area contributed by atoms with Crippen LogP contribution in [0.5, 0.6) is 5.75 Å². The number of aromatic nitrogens is 1. The van der Waals surface area contributed by atoms with E-state index in [9.17, 15) is 4.79 Å². The minimum Gasteiger partial charge on any atom is -0.496 e. The molecule has 0 aliphatic rings. The minimum atomic E-state index is -0.413. The predicted octanol–water partition coefficient (Wildman–Crippen LogP) is 2.40. The lowest BCUT2D eigenvalue weighted by Crippen LogP contribution is -2.03. The molecule has 4 nitrogen and oxygen atoms in total. The SMILES string of the molecule is COC(=O)c1cc2nc(C)sc2cc1OC. The first kappa shape index (κ1) is 10.9. The van der Waals surface area contributed by atoms with E-state index in [0.29, 0.717) is 11.3 Å². The molecule has 0 saturated carbocycles. The smallest absolute Gasteiger partial charge is 0.341 e. The number of fused-ring (bicyclic) bond motifs is 1. The molecule has 0 atom stereocenters. The van der Waals surface area contributed by atoms with Crippen molar-refractivity contribution < 1.29 is 14.3 Å². The molecule has 1 aromatic carbocycles. The van der Waals surface area contributed by atoms with Crippen LogP contribution < -0.4 is 4.74 Å². The lowest BCUT2D eigenvalue weighted by atomic mass is 10.2. The number of carbonyl (C=O) groups is 1. The number of thiazole rings is 1. The van der Waals surface area contributed by atoms with Crippen molar-refractivity contribution in [3.8, 4) is 5.75 Å². The van der Waals surface area contributed by atoms with E-state index in [1.54, 1.807) is 17.4 Å². The maximum Gasteiger partial charge on any atom is 0.341 e. The van der Waals surface area contributed by atoms with Crippen LogP contribution >= 0.6 is 11.3 Å². The summed E-state index contributed by atoms with van der Waals surface area (Å²) >= 11 is 1.57. The zero-order chi connectivity index (χ0) is 11.7. The van der Waals surface area contributed by atoms with Crippen LogP contribution in [0, 0.1) is 6.92 Å². The van der Waals surface area contributed by atoms with Gasteiger partial charge in [0.1, 0.15) is 11.3 Å². The number of nitrogens with zero attached hydrogens (tertiary/aromatic N) is 1. The minimum absolute atomic E-state index is 0.405. The third-order valence-corrected chi connectivity index (χ3v) is 3.16. The summed E-state index contributed by atoms with van der Waals surface area (Å²) in [6, 6.07) is 3.51. The molecule has 16 heavy (non-hydrogen) atoms. The highest BCUT2D eigenvalue weighted by molar-refractivity contribution is 7.18. The van der Waals surface area contributed by atoms with E-state index < -0.39 is 5.97 Å². The van der Waals surface area contributed by atoms with Crippen molar-refractivity contribution in [3.05, 3.63) is 22.7 Å². The third kappa shape index (κ3) is 1.74. The summed E-state index contributed by atoms with van der Waals surface area (Å²) in [5.41, 5.74) is 1.20. The topological polar surface area (TPSA) is 48.4 Å². The van der Waals surface area contributed by atoms with Crippen molar-refractivity contribution in [1.29, 1.82) is 0 Å². The maximum absolute atomic E-state index is 11.5. The Kier molecular flexibility index (Phi) is 2.78. The number of benzene rings is 1. The Morgan fingerprint density at radius 1 is 1.38 bits per heavy atom. The van der Waals surface area contributed by atoms with Crippen molar-refractivity contribution in [1.82, 2.24) is 4.98 Å². The fraction of sp³-hybridized carbons (Fsp3) is 0.273. The van der Waals surface area contributed by atoms with Gasteiger partial charge in [-0.1, -0.05) is 0 Å². The lowest BCUT2D eigenvalue weighted by Gasteiger charge is -2.05. The van der Waals surface area contributed by atoms with Gasteiger partial charge >= 0.3 is 5.97 Å². The van der Waals surface area contributed by atoms with Crippen LogP contribution in [-0.2, 0) is 4.74 Å². The molecule has 0 unspecified atom stereocenters. The Morgan fingerprint density at radius 3 is 2.75 bits per heavy atom. The van der Waals surface area contributed by atoms with Gasteiger partial charge in [-0.15, -0.1) is 11.3 Å². The first-order chi connectivity index (χ1) is 7.65. The fourth-order valence-electron chi connectivity index (χ4n) is 1.51. The predicted molar refractivity (Wildman–Crippen MR) is 62.2 cm³/mol. The van der Waals surface area contributed by atoms with Crippen molar-refractivity contribution in [3.63, 3.8) is 0 Å². The van der Waals surface area contributed by atoms with Crippen LogP contribution in [0.2, 0.25) is 0 Å². The molecule has 5 heteroatoms. The van der Waals surface area contributed by atoms with Crippen molar-refractivity contribution in [2.75, 3.05) is 14.2 Å². The fourth-order valence-corrected chi connectivity index (χ4v) is 2.35. The van der Waals surface area contributed by atoms with Crippen LogP contribution in [0.15, 0.2) is 12.1 Å². The molecule has 1 heterocycles. The molecule has 0 amide bonds. The molecule has 84 valence electrons. The molecule has 0 radical (unpaired) electrons. The summed E-state index contributed by atoms with van der Waals surface area (Å²) in [6.07, 6.45) is 0. The van der Waals surface area contributed by atoms with Crippen LogP contribution in [0.3, 0.4) is 0 Å². The molecule has 0 spiro atoms. The van der Waals surface area contributed by atoms with Gasteiger partial charge < -0.3 is 9.47 Å². The first-order valence-electron chi connectivity index (χ1n) is 4.69. The molecule has 0 aliphatic carbocycles. The van der Waals surface area contributed by atoms with E-state index in [2.05, 4.69) is 4.98 Å². The highest BCUT2D eigenvalue weighted by Gasteiger charge is 2.15. The normalized spacial score (nSPS) is 10.4. The van der Waals surface area contributed by atoms with Gasteiger partial charge in [0, 0.05) is 6.07 Å².